The molecule has 2 nitrogen and oxygen atoms in total. The normalized spacial score (nSPS) is 10.1. The quantitative estimate of drug-likeness (QED) is 0.748. The van der Waals surface area contributed by atoms with E-state index in [9.17, 15) is 4.79 Å². The van der Waals surface area contributed by atoms with Crippen molar-refractivity contribution in [2.75, 3.05) is 4.90 Å². The maximum Gasteiger partial charge on any atom is 0.214 e. The zero-order chi connectivity index (χ0) is 13.0. The molecule has 92 valence electrons. The summed E-state index contributed by atoms with van der Waals surface area (Å²) in [6.07, 6.45) is 0.879. The van der Waals surface area contributed by atoms with Crippen LogP contribution in [0, 0.1) is 13.8 Å². The minimum absolute atomic E-state index is 0.604. The van der Waals surface area contributed by atoms with E-state index in [2.05, 4.69) is 31.2 Å². The highest BCUT2D eigenvalue weighted by Gasteiger charge is 2.05. The van der Waals surface area contributed by atoms with Gasteiger partial charge in [-0.2, -0.15) is 0 Å². The van der Waals surface area contributed by atoms with Gasteiger partial charge in [-0.05, 0) is 31.5 Å². The maximum atomic E-state index is 11.2. The van der Waals surface area contributed by atoms with Crippen LogP contribution in [0.2, 0.25) is 0 Å². The fourth-order valence-corrected chi connectivity index (χ4v) is 1.82. The Kier molecular flexibility index (Phi) is 3.78. The molecule has 0 radical (unpaired) electrons. The van der Waals surface area contributed by atoms with Crippen LogP contribution in [-0.2, 0) is 11.3 Å². The number of hydrogen-bond acceptors (Lipinski definition) is 1. The van der Waals surface area contributed by atoms with Crippen LogP contribution < -0.4 is 4.90 Å². The molecule has 0 N–H and O–H groups in total. The highest BCUT2D eigenvalue weighted by Crippen LogP contribution is 2.16. The molecule has 0 saturated heterocycles. The van der Waals surface area contributed by atoms with Gasteiger partial charge < -0.3 is 4.90 Å². The molecule has 2 rings (SSSR count). The van der Waals surface area contributed by atoms with Crippen LogP contribution in [0.1, 0.15) is 16.7 Å². The molecular formula is C16H17NO. The van der Waals surface area contributed by atoms with E-state index in [0.717, 1.165) is 17.7 Å². The van der Waals surface area contributed by atoms with E-state index in [0.29, 0.717) is 6.54 Å². The van der Waals surface area contributed by atoms with Crippen LogP contribution in [0.25, 0.3) is 0 Å². The lowest BCUT2D eigenvalue weighted by molar-refractivity contribution is -0.107. The molecule has 2 heteroatoms. The number of hydrogen-bond donors (Lipinski definition) is 0. The Hall–Kier alpha value is -2.09. The summed E-state index contributed by atoms with van der Waals surface area (Å²) in [5.74, 6) is 0. The summed E-state index contributed by atoms with van der Waals surface area (Å²) >= 11 is 0. The molecule has 0 saturated carbocycles. The van der Waals surface area contributed by atoms with Gasteiger partial charge in [0.15, 0.2) is 0 Å². The summed E-state index contributed by atoms with van der Waals surface area (Å²) in [5, 5.41) is 0. The predicted molar refractivity (Wildman–Crippen MR) is 74.6 cm³/mol. The molecule has 0 aliphatic rings. The SMILES string of the molecule is Cc1ccc(CN(C=O)c2ccc(C)cc2)cc1. The number of carbonyl (C=O) groups excluding carboxylic acids is 1. The van der Waals surface area contributed by atoms with E-state index in [4.69, 9.17) is 0 Å². The second kappa shape index (κ2) is 5.50. The molecule has 0 spiro atoms. The Bertz CT molecular complexity index is 514. The molecule has 2 aromatic carbocycles. The molecule has 0 aromatic heterocycles. The average Bonchev–Trinajstić information content (AvgIpc) is 2.39. The zero-order valence-corrected chi connectivity index (χ0v) is 10.8. The lowest BCUT2D eigenvalue weighted by atomic mass is 10.1. The topological polar surface area (TPSA) is 20.3 Å². The second-order valence-corrected chi connectivity index (χ2v) is 4.55. The van der Waals surface area contributed by atoms with Crippen molar-refractivity contribution in [1.82, 2.24) is 0 Å². The lowest BCUT2D eigenvalue weighted by Crippen LogP contribution is -2.20. The van der Waals surface area contributed by atoms with E-state index in [1.165, 1.54) is 11.1 Å². The van der Waals surface area contributed by atoms with Crippen molar-refractivity contribution in [1.29, 1.82) is 0 Å². The van der Waals surface area contributed by atoms with Crippen molar-refractivity contribution < 1.29 is 4.79 Å². The van der Waals surface area contributed by atoms with Crippen LogP contribution in [0.5, 0.6) is 0 Å². The van der Waals surface area contributed by atoms with Crippen molar-refractivity contribution >= 4 is 12.1 Å². The highest BCUT2D eigenvalue weighted by atomic mass is 16.1. The first-order valence-electron chi connectivity index (χ1n) is 6.03. The van der Waals surface area contributed by atoms with Crippen LogP contribution >= 0.6 is 0 Å². The van der Waals surface area contributed by atoms with Gasteiger partial charge in [-0.3, -0.25) is 4.79 Å². The average molecular weight is 239 g/mol. The van der Waals surface area contributed by atoms with Crippen LogP contribution in [0.3, 0.4) is 0 Å². The summed E-state index contributed by atoms with van der Waals surface area (Å²) in [5.41, 5.74) is 4.48. The van der Waals surface area contributed by atoms with Crippen LogP contribution in [-0.4, -0.2) is 6.41 Å². The van der Waals surface area contributed by atoms with Gasteiger partial charge in [-0.1, -0.05) is 47.5 Å². The largest absolute Gasteiger partial charge is 0.311 e. The van der Waals surface area contributed by atoms with E-state index in [1.54, 1.807) is 4.90 Å². The molecule has 0 unspecified atom stereocenters. The van der Waals surface area contributed by atoms with Gasteiger partial charge in [0.2, 0.25) is 6.41 Å². The first-order valence-corrected chi connectivity index (χ1v) is 6.03. The predicted octanol–water partition coefficient (Wildman–Crippen LogP) is 3.47. The number of amides is 1. The molecular weight excluding hydrogens is 222 g/mol. The molecule has 0 aliphatic carbocycles. The third-order valence-electron chi connectivity index (χ3n) is 2.97. The van der Waals surface area contributed by atoms with Crippen LogP contribution in [0.15, 0.2) is 48.5 Å². The molecule has 0 bridgehead atoms. The Labute approximate surface area is 108 Å². The third kappa shape index (κ3) is 2.98. The van der Waals surface area contributed by atoms with E-state index in [1.807, 2.05) is 31.2 Å². The summed E-state index contributed by atoms with van der Waals surface area (Å²) in [7, 11) is 0. The minimum Gasteiger partial charge on any atom is -0.311 e. The van der Waals surface area contributed by atoms with E-state index < -0.39 is 0 Å². The van der Waals surface area contributed by atoms with Crippen molar-refractivity contribution in [3.63, 3.8) is 0 Å². The minimum atomic E-state index is 0.604. The first kappa shape index (κ1) is 12.4. The molecule has 2 aromatic rings. The smallest absolute Gasteiger partial charge is 0.214 e. The molecule has 18 heavy (non-hydrogen) atoms. The summed E-state index contributed by atoms with van der Waals surface area (Å²) in [6, 6.07) is 16.2. The van der Waals surface area contributed by atoms with Crippen molar-refractivity contribution in [2.45, 2.75) is 20.4 Å². The highest BCUT2D eigenvalue weighted by molar-refractivity contribution is 5.75. The Balaban J connectivity index is 2.16. The summed E-state index contributed by atoms with van der Waals surface area (Å²) in [6.45, 7) is 4.70. The van der Waals surface area contributed by atoms with Crippen molar-refractivity contribution in [3.05, 3.63) is 65.2 Å². The van der Waals surface area contributed by atoms with Gasteiger partial charge in [0.25, 0.3) is 0 Å². The van der Waals surface area contributed by atoms with E-state index >= 15 is 0 Å². The van der Waals surface area contributed by atoms with Gasteiger partial charge in [0, 0.05) is 5.69 Å². The monoisotopic (exact) mass is 239 g/mol. The standard InChI is InChI=1S/C16H17NO/c1-13-3-7-15(8-4-13)11-17(12-18)16-9-5-14(2)6-10-16/h3-10,12H,11H2,1-2H3. The molecule has 0 fully saturated rings. The van der Waals surface area contributed by atoms with Crippen molar-refractivity contribution in [2.24, 2.45) is 0 Å². The first-order chi connectivity index (χ1) is 8.69. The van der Waals surface area contributed by atoms with Crippen molar-refractivity contribution in [3.8, 4) is 0 Å². The summed E-state index contributed by atoms with van der Waals surface area (Å²) < 4.78 is 0. The number of nitrogens with zero attached hydrogens (tertiary/aromatic N) is 1. The Morgan fingerprint density at radius 3 is 1.89 bits per heavy atom. The maximum absolute atomic E-state index is 11.2. The van der Waals surface area contributed by atoms with Gasteiger partial charge >= 0.3 is 0 Å². The zero-order valence-electron chi connectivity index (χ0n) is 10.8. The molecule has 0 aliphatic heterocycles. The second-order valence-electron chi connectivity index (χ2n) is 4.55. The number of aryl methyl sites for hydroxylation is 2. The number of benzene rings is 2. The number of rotatable bonds is 4. The summed E-state index contributed by atoms with van der Waals surface area (Å²) in [4.78, 5) is 12.9. The molecule has 0 heterocycles. The van der Waals surface area contributed by atoms with Gasteiger partial charge in [0.1, 0.15) is 0 Å². The third-order valence-corrected chi connectivity index (χ3v) is 2.97. The number of carbonyl (C=O) groups is 1. The van der Waals surface area contributed by atoms with Crippen LogP contribution in [0.4, 0.5) is 5.69 Å². The molecule has 1 amide bonds. The fourth-order valence-electron chi connectivity index (χ4n) is 1.82. The fraction of sp³-hybridized carbons (Fsp3) is 0.188. The Morgan fingerprint density at radius 1 is 0.889 bits per heavy atom. The van der Waals surface area contributed by atoms with E-state index in [-0.39, 0.29) is 0 Å². The molecule has 0 atom stereocenters. The van der Waals surface area contributed by atoms with Gasteiger partial charge in [-0.15, -0.1) is 0 Å². The van der Waals surface area contributed by atoms with Gasteiger partial charge in [-0.25, -0.2) is 0 Å². The lowest BCUT2D eigenvalue weighted by Gasteiger charge is -2.17. The number of anilines is 1. The van der Waals surface area contributed by atoms with Gasteiger partial charge in [0.05, 0.1) is 6.54 Å². The Morgan fingerprint density at radius 2 is 1.39 bits per heavy atom.